The Morgan fingerprint density at radius 2 is 1.57 bits per heavy atom. The fourth-order valence-electron chi connectivity index (χ4n) is 1.93. The van der Waals surface area contributed by atoms with Gasteiger partial charge in [0.25, 0.3) is 0 Å². The molecule has 120 valence electrons. The van der Waals surface area contributed by atoms with Gasteiger partial charge in [0, 0.05) is 16.6 Å². The van der Waals surface area contributed by atoms with Crippen LogP contribution in [-0.2, 0) is 22.6 Å². The Hall–Kier alpha value is -2.04. The number of hydrogen-bond donors (Lipinski definition) is 2. The summed E-state index contributed by atoms with van der Waals surface area (Å²) in [6.07, 6.45) is 0.203. The molecule has 0 aliphatic rings. The summed E-state index contributed by atoms with van der Waals surface area (Å²) in [5, 5.41) is 6.51. The van der Waals surface area contributed by atoms with Crippen LogP contribution < -0.4 is 10.6 Å². The molecule has 2 N–H and O–H groups in total. The molecule has 2 rings (SSSR count). The van der Waals surface area contributed by atoms with Crippen molar-refractivity contribution in [3.63, 3.8) is 0 Å². The van der Waals surface area contributed by atoms with Crippen molar-refractivity contribution in [3.8, 4) is 0 Å². The van der Waals surface area contributed by atoms with Gasteiger partial charge in [-0.05, 0) is 29.3 Å². The second-order valence-electron chi connectivity index (χ2n) is 4.95. The van der Waals surface area contributed by atoms with Crippen LogP contribution in [0.4, 0.5) is 0 Å². The summed E-state index contributed by atoms with van der Waals surface area (Å²) < 4.78 is 0. The van der Waals surface area contributed by atoms with Crippen LogP contribution in [0, 0.1) is 0 Å². The molecule has 0 aromatic heterocycles. The van der Waals surface area contributed by atoms with Gasteiger partial charge in [-0.15, -0.1) is 0 Å². The van der Waals surface area contributed by atoms with Crippen molar-refractivity contribution in [1.29, 1.82) is 0 Å². The van der Waals surface area contributed by atoms with Crippen LogP contribution in [0.2, 0.25) is 10.0 Å². The first-order chi connectivity index (χ1) is 11.0. The first kappa shape index (κ1) is 17.3. The highest BCUT2D eigenvalue weighted by Gasteiger charge is 2.07. The van der Waals surface area contributed by atoms with Gasteiger partial charge in [-0.1, -0.05) is 53.5 Å². The molecule has 0 bridgehead atoms. The standard InChI is InChI=1S/C17H16Cl2N2O2/c18-14-7-5-12(6-8-14)9-16(22)21-11-17(23)20-10-13-3-1-2-4-15(13)19/h1-8H,9-11H2,(H,20,23)(H,21,22). The van der Waals surface area contributed by atoms with E-state index >= 15 is 0 Å². The summed E-state index contributed by atoms with van der Waals surface area (Å²) in [6.45, 7) is 0.252. The molecule has 0 unspecified atom stereocenters. The zero-order chi connectivity index (χ0) is 16.7. The molecule has 0 saturated carbocycles. The van der Waals surface area contributed by atoms with Gasteiger partial charge in [-0.2, -0.15) is 0 Å². The van der Waals surface area contributed by atoms with Crippen LogP contribution in [0.5, 0.6) is 0 Å². The van der Waals surface area contributed by atoms with E-state index in [2.05, 4.69) is 10.6 Å². The van der Waals surface area contributed by atoms with Crippen LogP contribution in [0.3, 0.4) is 0 Å². The van der Waals surface area contributed by atoms with E-state index in [1.807, 2.05) is 18.2 Å². The summed E-state index contributed by atoms with van der Waals surface area (Å²) >= 11 is 11.8. The lowest BCUT2D eigenvalue weighted by atomic mass is 10.1. The van der Waals surface area contributed by atoms with Crippen molar-refractivity contribution in [3.05, 3.63) is 69.7 Å². The van der Waals surface area contributed by atoms with Crippen LogP contribution in [0.15, 0.2) is 48.5 Å². The lowest BCUT2D eigenvalue weighted by molar-refractivity contribution is -0.125. The predicted molar refractivity (Wildman–Crippen MR) is 91.5 cm³/mol. The molecule has 2 aromatic carbocycles. The highest BCUT2D eigenvalue weighted by atomic mass is 35.5. The Kier molecular flexibility index (Phi) is 6.44. The lowest BCUT2D eigenvalue weighted by Gasteiger charge is -2.08. The predicted octanol–water partition coefficient (Wildman–Crippen LogP) is 2.97. The average molecular weight is 351 g/mol. The maximum atomic E-state index is 11.8. The van der Waals surface area contributed by atoms with Gasteiger partial charge in [0.05, 0.1) is 13.0 Å². The SMILES string of the molecule is O=C(CNC(=O)Cc1ccc(Cl)cc1)NCc1ccccc1Cl. The number of rotatable bonds is 6. The Morgan fingerprint density at radius 3 is 2.26 bits per heavy atom. The average Bonchev–Trinajstić information content (AvgIpc) is 2.54. The van der Waals surface area contributed by atoms with Gasteiger partial charge >= 0.3 is 0 Å². The normalized spacial score (nSPS) is 10.2. The van der Waals surface area contributed by atoms with E-state index in [9.17, 15) is 9.59 Å². The van der Waals surface area contributed by atoms with E-state index in [0.717, 1.165) is 11.1 Å². The Labute approximate surface area is 144 Å². The first-order valence-corrected chi connectivity index (χ1v) is 7.81. The van der Waals surface area contributed by atoms with Crippen molar-refractivity contribution in [1.82, 2.24) is 10.6 Å². The van der Waals surface area contributed by atoms with E-state index in [4.69, 9.17) is 23.2 Å². The third kappa shape index (κ3) is 5.93. The van der Waals surface area contributed by atoms with Crippen LogP contribution in [0.25, 0.3) is 0 Å². The Balaban J connectivity index is 1.72. The largest absolute Gasteiger partial charge is 0.350 e. The van der Waals surface area contributed by atoms with Crippen molar-refractivity contribution >= 4 is 35.0 Å². The molecule has 0 spiro atoms. The van der Waals surface area contributed by atoms with Crippen LogP contribution >= 0.6 is 23.2 Å². The molecule has 2 amide bonds. The number of carbonyl (C=O) groups is 2. The molecule has 0 radical (unpaired) electrons. The lowest BCUT2D eigenvalue weighted by Crippen LogP contribution is -2.37. The van der Waals surface area contributed by atoms with Gasteiger partial charge in [0.15, 0.2) is 0 Å². The highest BCUT2D eigenvalue weighted by molar-refractivity contribution is 6.31. The minimum atomic E-state index is -0.269. The Morgan fingerprint density at radius 1 is 0.870 bits per heavy atom. The van der Waals surface area contributed by atoms with Crippen molar-refractivity contribution in [2.75, 3.05) is 6.54 Å². The molecule has 0 heterocycles. The third-order valence-corrected chi connectivity index (χ3v) is 3.78. The van der Waals surface area contributed by atoms with Gasteiger partial charge in [0.1, 0.15) is 0 Å². The van der Waals surface area contributed by atoms with Gasteiger partial charge in [-0.25, -0.2) is 0 Å². The fraction of sp³-hybridized carbons (Fsp3) is 0.176. The number of amides is 2. The number of carbonyl (C=O) groups excluding carboxylic acids is 2. The summed E-state index contributed by atoms with van der Waals surface area (Å²) in [6, 6.07) is 14.3. The minimum Gasteiger partial charge on any atom is -0.350 e. The summed E-state index contributed by atoms with van der Waals surface area (Å²) in [5.74, 6) is -0.491. The van der Waals surface area contributed by atoms with Crippen LogP contribution in [-0.4, -0.2) is 18.4 Å². The summed E-state index contributed by atoms with van der Waals surface area (Å²) in [4.78, 5) is 23.5. The molecule has 0 aliphatic heterocycles. The van der Waals surface area contributed by atoms with Crippen LogP contribution in [0.1, 0.15) is 11.1 Å². The van der Waals surface area contributed by atoms with Crippen molar-refractivity contribution < 1.29 is 9.59 Å². The second-order valence-corrected chi connectivity index (χ2v) is 5.79. The molecule has 0 fully saturated rings. The maximum Gasteiger partial charge on any atom is 0.239 e. The number of hydrogen-bond acceptors (Lipinski definition) is 2. The van der Waals surface area contributed by atoms with E-state index in [-0.39, 0.29) is 24.8 Å². The van der Waals surface area contributed by atoms with E-state index in [1.54, 1.807) is 30.3 Å². The highest BCUT2D eigenvalue weighted by Crippen LogP contribution is 2.14. The smallest absolute Gasteiger partial charge is 0.239 e. The number of halogens is 2. The first-order valence-electron chi connectivity index (χ1n) is 7.06. The summed E-state index contributed by atoms with van der Waals surface area (Å²) in [5.41, 5.74) is 1.67. The Bertz CT molecular complexity index is 687. The van der Waals surface area contributed by atoms with Crippen molar-refractivity contribution in [2.24, 2.45) is 0 Å². The second kappa shape index (κ2) is 8.56. The minimum absolute atomic E-state index is 0.0725. The maximum absolute atomic E-state index is 11.8. The molecular formula is C17H16Cl2N2O2. The molecule has 4 nitrogen and oxygen atoms in total. The van der Waals surface area contributed by atoms with Gasteiger partial charge < -0.3 is 10.6 Å². The molecular weight excluding hydrogens is 335 g/mol. The van der Waals surface area contributed by atoms with E-state index in [1.165, 1.54) is 0 Å². The molecule has 2 aromatic rings. The molecule has 0 saturated heterocycles. The van der Waals surface area contributed by atoms with Crippen molar-refractivity contribution in [2.45, 2.75) is 13.0 Å². The monoisotopic (exact) mass is 350 g/mol. The summed E-state index contributed by atoms with van der Waals surface area (Å²) in [7, 11) is 0. The zero-order valence-electron chi connectivity index (χ0n) is 12.3. The molecule has 0 aliphatic carbocycles. The zero-order valence-corrected chi connectivity index (χ0v) is 13.8. The van der Waals surface area contributed by atoms with E-state index < -0.39 is 0 Å². The fourth-order valence-corrected chi connectivity index (χ4v) is 2.26. The topological polar surface area (TPSA) is 58.2 Å². The van der Waals surface area contributed by atoms with Gasteiger partial charge in [0.2, 0.25) is 11.8 Å². The third-order valence-electron chi connectivity index (χ3n) is 3.16. The molecule has 0 atom stereocenters. The van der Waals surface area contributed by atoms with E-state index in [0.29, 0.717) is 16.6 Å². The quantitative estimate of drug-likeness (QED) is 0.841. The van der Waals surface area contributed by atoms with Gasteiger partial charge in [-0.3, -0.25) is 9.59 Å². The molecule has 6 heteroatoms. The number of benzene rings is 2. The molecule has 23 heavy (non-hydrogen) atoms. The number of nitrogens with one attached hydrogen (secondary N) is 2.